The van der Waals surface area contributed by atoms with Gasteiger partial charge in [-0.25, -0.2) is 4.79 Å². The summed E-state index contributed by atoms with van der Waals surface area (Å²) in [7, 11) is 0. The van der Waals surface area contributed by atoms with Gasteiger partial charge in [-0.05, 0) is 35.1 Å². The summed E-state index contributed by atoms with van der Waals surface area (Å²) in [4.78, 5) is 36.0. The molecule has 3 aromatic rings. The molecule has 0 saturated heterocycles. The number of carboxylic acids is 1. The van der Waals surface area contributed by atoms with Crippen LogP contribution in [0.5, 0.6) is 0 Å². The lowest BCUT2D eigenvalue weighted by molar-refractivity contribution is -0.137. The number of aromatic nitrogens is 2. The van der Waals surface area contributed by atoms with Crippen molar-refractivity contribution in [3.63, 3.8) is 0 Å². The molecule has 0 spiro atoms. The van der Waals surface area contributed by atoms with Gasteiger partial charge in [-0.2, -0.15) is 5.10 Å². The molecule has 2 aliphatic carbocycles. The first-order chi connectivity index (χ1) is 16.4. The van der Waals surface area contributed by atoms with E-state index in [0.29, 0.717) is 18.5 Å². The van der Waals surface area contributed by atoms with Gasteiger partial charge < -0.3 is 20.5 Å². The molecule has 1 aromatic heterocycles. The lowest BCUT2D eigenvalue weighted by Crippen LogP contribution is -2.37. The molecular weight excluding hydrogens is 436 g/mol. The standard InChI is InChI=1S/C25H24N4O5/c30-22(31)13-29-12-16(11-27-29)28-23(32)25(9-10-25)15-26-24(33)34-14-21-19-7-3-1-5-17(19)18-6-2-4-8-20(18)21/h1-8,11-12,21H,9-10,13-15H2,(H,26,33)(H,28,32)(H,30,31). The zero-order chi connectivity index (χ0) is 23.7. The van der Waals surface area contributed by atoms with E-state index in [1.807, 2.05) is 24.3 Å². The van der Waals surface area contributed by atoms with Crippen LogP contribution in [0.15, 0.2) is 60.9 Å². The van der Waals surface area contributed by atoms with E-state index in [1.54, 1.807) is 0 Å². The summed E-state index contributed by atoms with van der Waals surface area (Å²) in [5, 5.41) is 18.2. The van der Waals surface area contributed by atoms with Gasteiger partial charge in [0.25, 0.3) is 0 Å². The van der Waals surface area contributed by atoms with Crippen LogP contribution in [0.3, 0.4) is 0 Å². The number of hydrogen-bond donors (Lipinski definition) is 3. The van der Waals surface area contributed by atoms with E-state index in [2.05, 4.69) is 40.0 Å². The molecule has 0 aliphatic heterocycles. The van der Waals surface area contributed by atoms with Crippen molar-refractivity contribution in [3.8, 4) is 11.1 Å². The Morgan fingerprint density at radius 1 is 1.06 bits per heavy atom. The van der Waals surface area contributed by atoms with Gasteiger partial charge in [0.05, 0.1) is 17.3 Å². The number of fused-ring (bicyclic) bond motifs is 3. The van der Waals surface area contributed by atoms with Gasteiger partial charge >= 0.3 is 12.1 Å². The minimum Gasteiger partial charge on any atom is -0.480 e. The number of anilines is 1. The summed E-state index contributed by atoms with van der Waals surface area (Å²) in [6.45, 7) is 0.0882. The summed E-state index contributed by atoms with van der Waals surface area (Å²) >= 11 is 0. The molecule has 1 saturated carbocycles. The molecule has 0 bridgehead atoms. The number of nitrogens with one attached hydrogen (secondary N) is 2. The second kappa shape index (κ2) is 8.66. The molecule has 2 amide bonds. The summed E-state index contributed by atoms with van der Waals surface area (Å²) < 4.78 is 6.78. The average molecular weight is 460 g/mol. The van der Waals surface area contributed by atoms with E-state index in [4.69, 9.17) is 9.84 Å². The van der Waals surface area contributed by atoms with E-state index >= 15 is 0 Å². The monoisotopic (exact) mass is 460 g/mol. The van der Waals surface area contributed by atoms with Gasteiger partial charge in [0.15, 0.2) is 0 Å². The van der Waals surface area contributed by atoms with Crippen molar-refractivity contribution in [3.05, 3.63) is 72.1 Å². The Morgan fingerprint density at radius 2 is 1.71 bits per heavy atom. The Balaban J connectivity index is 1.15. The van der Waals surface area contributed by atoms with E-state index in [0.717, 1.165) is 22.3 Å². The van der Waals surface area contributed by atoms with Crippen LogP contribution in [0.25, 0.3) is 11.1 Å². The zero-order valence-corrected chi connectivity index (χ0v) is 18.4. The smallest absolute Gasteiger partial charge is 0.407 e. The van der Waals surface area contributed by atoms with Crippen LogP contribution in [0, 0.1) is 5.41 Å². The van der Waals surface area contributed by atoms with Crippen molar-refractivity contribution >= 4 is 23.7 Å². The number of carbonyl (C=O) groups is 3. The maximum atomic E-state index is 12.7. The van der Waals surface area contributed by atoms with Gasteiger partial charge in [-0.3, -0.25) is 14.3 Å². The van der Waals surface area contributed by atoms with Crippen molar-refractivity contribution in [1.82, 2.24) is 15.1 Å². The minimum atomic E-state index is -1.02. The number of nitrogens with zero attached hydrogens (tertiary/aromatic N) is 2. The van der Waals surface area contributed by atoms with Crippen molar-refractivity contribution in [2.45, 2.75) is 25.3 Å². The average Bonchev–Trinajstić information content (AvgIpc) is 3.40. The first-order valence-electron chi connectivity index (χ1n) is 11.1. The van der Waals surface area contributed by atoms with Crippen LogP contribution in [0.1, 0.15) is 29.9 Å². The fourth-order valence-corrected chi connectivity index (χ4v) is 4.44. The second-order valence-corrected chi connectivity index (χ2v) is 8.73. The Bertz CT molecular complexity index is 1220. The van der Waals surface area contributed by atoms with Crippen molar-refractivity contribution in [2.75, 3.05) is 18.5 Å². The van der Waals surface area contributed by atoms with Crippen LogP contribution in [-0.4, -0.2) is 46.0 Å². The third kappa shape index (κ3) is 4.24. The number of carbonyl (C=O) groups excluding carboxylic acids is 2. The second-order valence-electron chi connectivity index (χ2n) is 8.73. The maximum absolute atomic E-state index is 12.7. The van der Waals surface area contributed by atoms with Crippen molar-refractivity contribution < 1.29 is 24.2 Å². The first-order valence-corrected chi connectivity index (χ1v) is 11.1. The van der Waals surface area contributed by atoms with E-state index in [-0.39, 0.29) is 31.5 Å². The molecule has 34 heavy (non-hydrogen) atoms. The van der Waals surface area contributed by atoms with Crippen LogP contribution in [0.4, 0.5) is 10.5 Å². The van der Waals surface area contributed by atoms with Gasteiger partial charge in [0.2, 0.25) is 5.91 Å². The number of aliphatic carboxylic acids is 1. The van der Waals surface area contributed by atoms with Crippen LogP contribution in [-0.2, 0) is 20.9 Å². The lowest BCUT2D eigenvalue weighted by atomic mass is 9.98. The van der Waals surface area contributed by atoms with E-state index < -0.39 is 17.5 Å². The van der Waals surface area contributed by atoms with Gasteiger partial charge in [-0.15, -0.1) is 0 Å². The van der Waals surface area contributed by atoms with E-state index in [1.165, 1.54) is 17.1 Å². The molecule has 1 heterocycles. The van der Waals surface area contributed by atoms with Gasteiger partial charge in [0, 0.05) is 18.7 Å². The van der Waals surface area contributed by atoms with E-state index in [9.17, 15) is 14.4 Å². The molecular formula is C25H24N4O5. The maximum Gasteiger partial charge on any atom is 0.407 e. The SMILES string of the molecule is O=C(O)Cn1cc(NC(=O)C2(CNC(=O)OCC3c4ccccc4-c4ccccc43)CC2)cn1. The van der Waals surface area contributed by atoms with Crippen LogP contribution in [0.2, 0.25) is 0 Å². The number of carboxylic acid groups (broad SMARTS) is 1. The Hall–Kier alpha value is -4.14. The number of rotatable bonds is 8. The Kier molecular flexibility index (Phi) is 5.53. The molecule has 0 atom stereocenters. The number of hydrogen-bond acceptors (Lipinski definition) is 5. The molecule has 5 rings (SSSR count). The Morgan fingerprint density at radius 3 is 2.32 bits per heavy atom. The zero-order valence-electron chi connectivity index (χ0n) is 18.4. The molecule has 0 unspecified atom stereocenters. The minimum absolute atomic E-state index is 0.0290. The van der Waals surface area contributed by atoms with Crippen LogP contribution >= 0.6 is 0 Å². The lowest BCUT2D eigenvalue weighted by Gasteiger charge is -2.17. The number of alkyl carbamates (subject to hydrolysis) is 1. The van der Waals surface area contributed by atoms with Gasteiger partial charge in [-0.1, -0.05) is 48.5 Å². The fourth-order valence-electron chi connectivity index (χ4n) is 4.44. The quantitative estimate of drug-likeness (QED) is 0.474. The highest BCUT2D eigenvalue weighted by Crippen LogP contribution is 2.46. The Labute approximate surface area is 195 Å². The topological polar surface area (TPSA) is 123 Å². The van der Waals surface area contributed by atoms with Crippen molar-refractivity contribution in [1.29, 1.82) is 0 Å². The molecule has 3 N–H and O–H groups in total. The third-order valence-electron chi connectivity index (χ3n) is 6.44. The largest absolute Gasteiger partial charge is 0.480 e. The number of ether oxygens (including phenoxy) is 1. The van der Waals surface area contributed by atoms with Gasteiger partial charge in [0.1, 0.15) is 13.2 Å². The fraction of sp³-hybridized carbons (Fsp3) is 0.280. The molecule has 174 valence electrons. The molecule has 2 aliphatic rings. The molecule has 9 heteroatoms. The summed E-state index contributed by atoms with van der Waals surface area (Å²) in [5.41, 5.74) is 4.31. The highest BCUT2D eigenvalue weighted by Gasteiger charge is 2.50. The molecule has 9 nitrogen and oxygen atoms in total. The highest BCUT2D eigenvalue weighted by atomic mass is 16.5. The summed E-state index contributed by atoms with van der Waals surface area (Å²) in [6.07, 6.45) is 3.59. The molecule has 0 radical (unpaired) electrons. The van der Waals surface area contributed by atoms with Crippen LogP contribution < -0.4 is 10.6 Å². The molecule has 2 aromatic carbocycles. The third-order valence-corrected chi connectivity index (χ3v) is 6.44. The predicted molar refractivity (Wildman–Crippen MR) is 123 cm³/mol. The highest BCUT2D eigenvalue weighted by molar-refractivity contribution is 5.97. The first kappa shape index (κ1) is 21.7. The number of amides is 2. The predicted octanol–water partition coefficient (Wildman–Crippen LogP) is 3.23. The summed E-state index contributed by atoms with van der Waals surface area (Å²) in [6, 6.07) is 16.2. The molecule has 1 fully saturated rings. The normalized spacial score (nSPS) is 15.2. The number of benzene rings is 2. The summed E-state index contributed by atoms with van der Waals surface area (Å²) in [5.74, 6) is -1.29. The van der Waals surface area contributed by atoms with Crippen molar-refractivity contribution in [2.24, 2.45) is 5.41 Å².